The van der Waals surface area contributed by atoms with Crippen LogP contribution in [0.25, 0.3) is 5.69 Å². The van der Waals surface area contributed by atoms with Gasteiger partial charge in [0.15, 0.2) is 0 Å². The van der Waals surface area contributed by atoms with E-state index in [4.69, 9.17) is 5.11 Å². The van der Waals surface area contributed by atoms with Gasteiger partial charge in [0.1, 0.15) is 0 Å². The number of hydrogen-bond donors (Lipinski definition) is 1. The van der Waals surface area contributed by atoms with Crippen LogP contribution >= 0.6 is 0 Å². The minimum atomic E-state index is -0.791. The Morgan fingerprint density at radius 2 is 1.80 bits per heavy atom. The van der Waals surface area contributed by atoms with E-state index in [0.29, 0.717) is 5.92 Å². The van der Waals surface area contributed by atoms with Crippen LogP contribution in [0.4, 0.5) is 0 Å². The molecule has 0 spiro atoms. The molecule has 0 atom stereocenters. The fourth-order valence-electron chi connectivity index (χ4n) is 2.58. The van der Waals surface area contributed by atoms with Gasteiger partial charge in [0.25, 0.3) is 0 Å². The first-order valence-electron chi connectivity index (χ1n) is 6.90. The van der Waals surface area contributed by atoms with Gasteiger partial charge in [0.05, 0.1) is 6.42 Å². The molecule has 0 radical (unpaired) electrons. The molecule has 0 bridgehead atoms. The summed E-state index contributed by atoms with van der Waals surface area (Å²) in [6.45, 7) is 8.33. The molecule has 3 nitrogen and oxygen atoms in total. The summed E-state index contributed by atoms with van der Waals surface area (Å²) in [5.41, 5.74) is 5.34. The Hall–Kier alpha value is -2.03. The molecule has 1 aromatic carbocycles. The summed E-state index contributed by atoms with van der Waals surface area (Å²) in [6.07, 6.45) is 0.0732. The van der Waals surface area contributed by atoms with Gasteiger partial charge in [0, 0.05) is 17.1 Å². The van der Waals surface area contributed by atoms with Crippen molar-refractivity contribution < 1.29 is 9.90 Å². The number of benzene rings is 1. The van der Waals surface area contributed by atoms with Gasteiger partial charge < -0.3 is 9.67 Å². The summed E-state index contributed by atoms with van der Waals surface area (Å²) < 4.78 is 2.11. The Kier molecular flexibility index (Phi) is 3.98. The summed E-state index contributed by atoms with van der Waals surface area (Å²) in [7, 11) is 0. The van der Waals surface area contributed by atoms with Crippen molar-refractivity contribution in [2.24, 2.45) is 0 Å². The summed E-state index contributed by atoms with van der Waals surface area (Å²) >= 11 is 0. The highest BCUT2D eigenvalue weighted by atomic mass is 16.4. The Morgan fingerprint density at radius 3 is 2.30 bits per heavy atom. The maximum Gasteiger partial charge on any atom is 0.307 e. The summed E-state index contributed by atoms with van der Waals surface area (Å²) in [5, 5.41) is 8.95. The van der Waals surface area contributed by atoms with Crippen molar-refractivity contribution in [3.63, 3.8) is 0 Å². The lowest BCUT2D eigenvalue weighted by molar-refractivity contribution is -0.136. The fourth-order valence-corrected chi connectivity index (χ4v) is 2.58. The number of aromatic nitrogens is 1. The number of carboxylic acids is 1. The van der Waals surface area contributed by atoms with Gasteiger partial charge in [-0.3, -0.25) is 4.79 Å². The molecule has 1 aromatic heterocycles. The van der Waals surface area contributed by atoms with Crippen molar-refractivity contribution in [2.75, 3.05) is 0 Å². The summed E-state index contributed by atoms with van der Waals surface area (Å²) in [6, 6.07) is 10.4. The molecule has 20 heavy (non-hydrogen) atoms. The number of carboxylic acid groups (broad SMARTS) is 1. The molecule has 2 aromatic rings. The maximum absolute atomic E-state index is 10.9. The third kappa shape index (κ3) is 2.77. The van der Waals surface area contributed by atoms with E-state index in [1.54, 1.807) is 0 Å². The van der Waals surface area contributed by atoms with E-state index >= 15 is 0 Å². The largest absolute Gasteiger partial charge is 0.481 e. The SMILES string of the molecule is Cc1cc(CC(=O)O)c(C)n1-c1ccc(C(C)C)cc1. The minimum Gasteiger partial charge on any atom is -0.481 e. The average molecular weight is 271 g/mol. The third-order valence-electron chi connectivity index (χ3n) is 3.70. The van der Waals surface area contributed by atoms with Gasteiger partial charge in [-0.2, -0.15) is 0 Å². The van der Waals surface area contributed by atoms with Crippen molar-refractivity contribution in [3.05, 3.63) is 52.8 Å². The van der Waals surface area contributed by atoms with Gasteiger partial charge in [0.2, 0.25) is 0 Å². The smallest absolute Gasteiger partial charge is 0.307 e. The Labute approximate surface area is 119 Å². The van der Waals surface area contributed by atoms with E-state index in [2.05, 4.69) is 42.7 Å². The standard InChI is InChI=1S/C17H21NO2/c1-11(2)14-5-7-16(8-6-14)18-12(3)9-15(13(18)4)10-17(19)20/h5-9,11H,10H2,1-4H3,(H,19,20). The number of aliphatic carboxylic acids is 1. The van der Waals surface area contributed by atoms with Crippen molar-refractivity contribution in [1.29, 1.82) is 0 Å². The van der Waals surface area contributed by atoms with Crippen LogP contribution in [-0.2, 0) is 11.2 Å². The highest BCUT2D eigenvalue weighted by Gasteiger charge is 2.13. The predicted molar refractivity (Wildman–Crippen MR) is 80.7 cm³/mol. The van der Waals surface area contributed by atoms with Crippen molar-refractivity contribution in [3.8, 4) is 5.69 Å². The van der Waals surface area contributed by atoms with Crippen molar-refractivity contribution >= 4 is 5.97 Å². The molecule has 1 heterocycles. The molecule has 1 N–H and O–H groups in total. The number of carbonyl (C=O) groups is 1. The molecule has 0 saturated heterocycles. The average Bonchev–Trinajstić information content (AvgIpc) is 2.64. The van der Waals surface area contributed by atoms with E-state index in [0.717, 1.165) is 22.6 Å². The van der Waals surface area contributed by atoms with Crippen LogP contribution in [0.15, 0.2) is 30.3 Å². The summed E-state index contributed by atoms with van der Waals surface area (Å²) in [5.74, 6) is -0.279. The van der Waals surface area contributed by atoms with Crippen LogP contribution < -0.4 is 0 Å². The first-order chi connectivity index (χ1) is 9.40. The number of aryl methyl sites for hydroxylation is 1. The molecule has 0 fully saturated rings. The fraction of sp³-hybridized carbons (Fsp3) is 0.353. The molecule has 3 heteroatoms. The summed E-state index contributed by atoms with van der Waals surface area (Å²) in [4.78, 5) is 10.9. The lowest BCUT2D eigenvalue weighted by Gasteiger charge is -2.12. The van der Waals surface area contributed by atoms with E-state index < -0.39 is 5.97 Å². The maximum atomic E-state index is 10.9. The Morgan fingerprint density at radius 1 is 1.20 bits per heavy atom. The molecule has 0 unspecified atom stereocenters. The first-order valence-corrected chi connectivity index (χ1v) is 6.90. The van der Waals surface area contributed by atoms with E-state index in [1.807, 2.05) is 19.9 Å². The van der Waals surface area contributed by atoms with Crippen LogP contribution in [0.1, 0.15) is 42.3 Å². The van der Waals surface area contributed by atoms with Gasteiger partial charge in [-0.05, 0) is 49.1 Å². The second-order valence-electron chi connectivity index (χ2n) is 5.55. The highest BCUT2D eigenvalue weighted by molar-refractivity contribution is 5.71. The predicted octanol–water partition coefficient (Wildman–Crippen LogP) is 3.84. The molecular weight excluding hydrogens is 250 g/mol. The quantitative estimate of drug-likeness (QED) is 0.918. The van der Waals surface area contributed by atoms with Crippen molar-refractivity contribution in [2.45, 2.75) is 40.0 Å². The number of nitrogens with zero attached hydrogens (tertiary/aromatic N) is 1. The van der Waals surface area contributed by atoms with Gasteiger partial charge in [-0.25, -0.2) is 0 Å². The molecule has 0 aliphatic heterocycles. The molecule has 2 rings (SSSR count). The molecule has 106 valence electrons. The first kappa shape index (κ1) is 14.4. The van der Waals surface area contributed by atoms with Gasteiger partial charge in [-0.15, -0.1) is 0 Å². The Bertz CT molecular complexity index is 621. The monoisotopic (exact) mass is 271 g/mol. The van der Waals surface area contributed by atoms with E-state index in [1.165, 1.54) is 5.56 Å². The lowest BCUT2D eigenvalue weighted by Crippen LogP contribution is -2.03. The second-order valence-corrected chi connectivity index (χ2v) is 5.55. The van der Waals surface area contributed by atoms with Crippen molar-refractivity contribution in [1.82, 2.24) is 4.57 Å². The van der Waals surface area contributed by atoms with Gasteiger partial charge >= 0.3 is 5.97 Å². The van der Waals surface area contributed by atoms with Crippen LogP contribution in [0.5, 0.6) is 0 Å². The lowest BCUT2D eigenvalue weighted by atomic mass is 10.0. The van der Waals surface area contributed by atoms with Gasteiger partial charge in [-0.1, -0.05) is 26.0 Å². The number of hydrogen-bond acceptors (Lipinski definition) is 1. The van der Waals surface area contributed by atoms with Crippen LogP contribution in [0.2, 0.25) is 0 Å². The zero-order valence-corrected chi connectivity index (χ0v) is 12.5. The third-order valence-corrected chi connectivity index (χ3v) is 3.70. The topological polar surface area (TPSA) is 42.2 Å². The number of rotatable bonds is 4. The van der Waals surface area contributed by atoms with Crippen LogP contribution in [0, 0.1) is 13.8 Å². The zero-order chi connectivity index (χ0) is 14.9. The molecule has 0 aliphatic carbocycles. The molecule has 0 amide bonds. The minimum absolute atomic E-state index is 0.0732. The van der Waals surface area contributed by atoms with E-state index in [9.17, 15) is 4.79 Å². The molecule has 0 aliphatic rings. The zero-order valence-electron chi connectivity index (χ0n) is 12.5. The molecule has 0 saturated carbocycles. The highest BCUT2D eigenvalue weighted by Crippen LogP contribution is 2.23. The van der Waals surface area contributed by atoms with Crippen LogP contribution in [-0.4, -0.2) is 15.6 Å². The molecular formula is C17H21NO2. The van der Waals surface area contributed by atoms with Crippen LogP contribution in [0.3, 0.4) is 0 Å². The van der Waals surface area contributed by atoms with E-state index in [-0.39, 0.29) is 6.42 Å². The normalized spacial score (nSPS) is 11.1. The second kappa shape index (κ2) is 5.53. The Balaban J connectivity index is 2.42.